The van der Waals surface area contributed by atoms with Crippen molar-refractivity contribution in [3.05, 3.63) is 21.3 Å². The first-order valence-electron chi connectivity index (χ1n) is 6.80. The summed E-state index contributed by atoms with van der Waals surface area (Å²) in [6.07, 6.45) is 5.58. The average Bonchev–Trinajstić information content (AvgIpc) is 2.73. The van der Waals surface area contributed by atoms with Gasteiger partial charge in [-0.25, -0.2) is 0 Å². The second kappa shape index (κ2) is 4.91. The molecule has 17 heavy (non-hydrogen) atoms. The van der Waals surface area contributed by atoms with Gasteiger partial charge in [0.1, 0.15) is 0 Å². The van der Waals surface area contributed by atoms with E-state index in [2.05, 4.69) is 18.3 Å². The van der Waals surface area contributed by atoms with E-state index in [0.717, 1.165) is 28.6 Å². The monoisotopic (exact) mass is 269 g/mol. The van der Waals surface area contributed by atoms with Crippen LogP contribution in [0.15, 0.2) is 12.1 Å². The molecule has 2 aliphatic rings. The van der Waals surface area contributed by atoms with E-state index < -0.39 is 0 Å². The molecule has 0 amide bonds. The Labute approximate surface area is 113 Å². The summed E-state index contributed by atoms with van der Waals surface area (Å²) in [4.78, 5) is 1.45. The van der Waals surface area contributed by atoms with Crippen LogP contribution in [0.2, 0.25) is 4.34 Å². The van der Waals surface area contributed by atoms with Crippen molar-refractivity contribution in [1.82, 2.24) is 5.32 Å². The summed E-state index contributed by atoms with van der Waals surface area (Å²) >= 11 is 7.83. The Morgan fingerprint density at radius 3 is 2.76 bits per heavy atom. The maximum atomic E-state index is 6.07. The fourth-order valence-electron chi connectivity index (χ4n) is 3.59. The van der Waals surface area contributed by atoms with Crippen LogP contribution in [0, 0.1) is 17.8 Å². The van der Waals surface area contributed by atoms with Gasteiger partial charge >= 0.3 is 0 Å². The largest absolute Gasteiger partial charge is 0.309 e. The molecule has 1 aromatic rings. The van der Waals surface area contributed by atoms with Gasteiger partial charge in [-0.1, -0.05) is 24.9 Å². The average molecular weight is 270 g/mol. The van der Waals surface area contributed by atoms with Gasteiger partial charge in [-0.05, 0) is 55.7 Å². The van der Waals surface area contributed by atoms with Crippen molar-refractivity contribution < 1.29 is 0 Å². The van der Waals surface area contributed by atoms with Crippen molar-refractivity contribution in [1.29, 1.82) is 0 Å². The first-order chi connectivity index (χ1) is 8.31. The summed E-state index contributed by atoms with van der Waals surface area (Å²) in [7, 11) is 0. The smallest absolute Gasteiger partial charge is 0.0931 e. The molecular weight excluding hydrogens is 250 g/mol. The Hall–Kier alpha value is -0.0500. The SMILES string of the molecule is CCCNC(c1ccc(Cl)s1)C1C2CCCC21. The van der Waals surface area contributed by atoms with Gasteiger partial charge in [0.15, 0.2) is 0 Å². The quantitative estimate of drug-likeness (QED) is 0.831. The summed E-state index contributed by atoms with van der Waals surface area (Å²) in [5.74, 6) is 2.90. The summed E-state index contributed by atoms with van der Waals surface area (Å²) in [6.45, 7) is 3.36. The normalized spacial score (nSPS) is 32.5. The highest BCUT2D eigenvalue weighted by atomic mass is 35.5. The van der Waals surface area contributed by atoms with Gasteiger partial charge in [0.25, 0.3) is 0 Å². The molecule has 1 N–H and O–H groups in total. The molecule has 3 atom stereocenters. The van der Waals surface area contributed by atoms with E-state index in [-0.39, 0.29) is 0 Å². The number of thiophene rings is 1. The van der Waals surface area contributed by atoms with Crippen LogP contribution in [0.3, 0.4) is 0 Å². The minimum absolute atomic E-state index is 0.572. The Balaban J connectivity index is 1.73. The van der Waals surface area contributed by atoms with Crippen molar-refractivity contribution >= 4 is 22.9 Å². The molecule has 0 radical (unpaired) electrons. The van der Waals surface area contributed by atoms with E-state index in [1.54, 1.807) is 11.3 Å². The highest BCUT2D eigenvalue weighted by Crippen LogP contribution is 2.62. The lowest BCUT2D eigenvalue weighted by Crippen LogP contribution is -2.24. The molecule has 0 saturated heterocycles. The van der Waals surface area contributed by atoms with Crippen LogP contribution in [0.1, 0.15) is 43.5 Å². The molecule has 94 valence electrons. The summed E-state index contributed by atoms with van der Waals surface area (Å²) < 4.78 is 0.925. The van der Waals surface area contributed by atoms with Crippen LogP contribution >= 0.6 is 22.9 Å². The topological polar surface area (TPSA) is 12.0 Å². The summed E-state index contributed by atoms with van der Waals surface area (Å²) in [6, 6.07) is 4.83. The lowest BCUT2D eigenvalue weighted by atomic mass is 10.0. The van der Waals surface area contributed by atoms with Crippen molar-refractivity contribution in [2.45, 2.75) is 38.6 Å². The number of hydrogen-bond acceptors (Lipinski definition) is 2. The molecule has 2 saturated carbocycles. The molecule has 1 heterocycles. The van der Waals surface area contributed by atoms with Crippen molar-refractivity contribution in [3.8, 4) is 0 Å². The first-order valence-corrected chi connectivity index (χ1v) is 7.99. The fourth-order valence-corrected chi connectivity index (χ4v) is 4.79. The molecule has 3 heteroatoms. The predicted molar refractivity (Wildman–Crippen MR) is 74.7 cm³/mol. The Morgan fingerprint density at radius 1 is 1.41 bits per heavy atom. The minimum atomic E-state index is 0.572. The maximum Gasteiger partial charge on any atom is 0.0931 e. The number of nitrogens with one attached hydrogen (secondary N) is 1. The molecule has 3 unspecified atom stereocenters. The van der Waals surface area contributed by atoms with Crippen molar-refractivity contribution in [3.63, 3.8) is 0 Å². The van der Waals surface area contributed by atoms with E-state index in [1.165, 1.54) is 30.6 Å². The molecule has 0 spiro atoms. The third-order valence-electron chi connectivity index (χ3n) is 4.37. The second-order valence-corrected chi connectivity index (χ2v) is 7.16. The van der Waals surface area contributed by atoms with Gasteiger partial charge in [0.05, 0.1) is 4.34 Å². The van der Waals surface area contributed by atoms with Gasteiger partial charge in [-0.2, -0.15) is 0 Å². The third kappa shape index (κ3) is 2.27. The van der Waals surface area contributed by atoms with E-state index >= 15 is 0 Å². The number of halogens is 1. The van der Waals surface area contributed by atoms with Crippen LogP contribution < -0.4 is 5.32 Å². The third-order valence-corrected chi connectivity index (χ3v) is 5.69. The molecule has 2 aliphatic carbocycles. The van der Waals surface area contributed by atoms with Crippen LogP contribution in [-0.4, -0.2) is 6.54 Å². The molecule has 0 aromatic carbocycles. The second-order valence-electron chi connectivity index (χ2n) is 5.41. The number of hydrogen-bond donors (Lipinski definition) is 1. The van der Waals surface area contributed by atoms with Gasteiger partial charge in [0, 0.05) is 10.9 Å². The minimum Gasteiger partial charge on any atom is -0.309 e. The highest BCUT2D eigenvalue weighted by Gasteiger charge is 2.56. The molecule has 1 nitrogen and oxygen atoms in total. The Morgan fingerprint density at radius 2 is 2.18 bits per heavy atom. The van der Waals surface area contributed by atoms with Crippen LogP contribution in [0.5, 0.6) is 0 Å². The standard InChI is InChI=1S/C14H20ClNS/c1-2-8-16-14(11-6-7-12(15)17-11)13-9-4-3-5-10(9)13/h6-7,9-10,13-14,16H,2-5,8H2,1H3. The summed E-state index contributed by atoms with van der Waals surface area (Å²) in [5.41, 5.74) is 0. The lowest BCUT2D eigenvalue weighted by molar-refractivity contribution is 0.423. The first kappa shape index (κ1) is 12.0. The van der Waals surface area contributed by atoms with Gasteiger partial charge < -0.3 is 5.32 Å². The molecule has 2 fully saturated rings. The van der Waals surface area contributed by atoms with Crippen molar-refractivity contribution in [2.75, 3.05) is 6.54 Å². The molecule has 3 rings (SSSR count). The lowest BCUT2D eigenvalue weighted by Gasteiger charge is -2.19. The van der Waals surface area contributed by atoms with Crippen LogP contribution in [0.4, 0.5) is 0 Å². The van der Waals surface area contributed by atoms with Gasteiger partial charge in [0.2, 0.25) is 0 Å². The van der Waals surface area contributed by atoms with Gasteiger partial charge in [-0.15, -0.1) is 11.3 Å². The highest BCUT2D eigenvalue weighted by molar-refractivity contribution is 7.16. The summed E-state index contributed by atoms with van der Waals surface area (Å²) in [5, 5.41) is 3.74. The fraction of sp³-hybridized carbons (Fsp3) is 0.714. The predicted octanol–water partition coefficient (Wildman–Crippen LogP) is 4.49. The molecule has 0 bridgehead atoms. The molecule has 0 aliphatic heterocycles. The molecule has 1 aromatic heterocycles. The zero-order valence-corrected chi connectivity index (χ0v) is 11.9. The number of rotatable bonds is 5. The van der Waals surface area contributed by atoms with Crippen LogP contribution in [0.25, 0.3) is 0 Å². The Kier molecular flexibility index (Phi) is 3.47. The zero-order valence-electron chi connectivity index (χ0n) is 10.3. The van der Waals surface area contributed by atoms with E-state index in [9.17, 15) is 0 Å². The van der Waals surface area contributed by atoms with E-state index in [0.29, 0.717) is 6.04 Å². The zero-order chi connectivity index (χ0) is 11.8. The van der Waals surface area contributed by atoms with Gasteiger partial charge in [-0.3, -0.25) is 0 Å². The van der Waals surface area contributed by atoms with E-state index in [4.69, 9.17) is 11.6 Å². The number of fused-ring (bicyclic) bond motifs is 1. The van der Waals surface area contributed by atoms with E-state index in [1.807, 2.05) is 6.07 Å². The molecular formula is C14H20ClNS. The van der Waals surface area contributed by atoms with Crippen molar-refractivity contribution in [2.24, 2.45) is 17.8 Å². The van der Waals surface area contributed by atoms with Crippen LogP contribution in [-0.2, 0) is 0 Å². The Bertz CT molecular complexity index is 379. The maximum absolute atomic E-state index is 6.07.